The van der Waals surface area contributed by atoms with E-state index < -0.39 is 0 Å². The number of anilines is 1. The van der Waals surface area contributed by atoms with E-state index in [9.17, 15) is 0 Å². The summed E-state index contributed by atoms with van der Waals surface area (Å²) in [5.74, 6) is 0.957. The van der Waals surface area contributed by atoms with Crippen LogP contribution in [0.15, 0.2) is 47.3 Å². The van der Waals surface area contributed by atoms with Crippen molar-refractivity contribution in [2.24, 2.45) is 4.99 Å². The number of halogens is 1. The van der Waals surface area contributed by atoms with Crippen molar-refractivity contribution in [3.63, 3.8) is 0 Å². The van der Waals surface area contributed by atoms with Crippen LogP contribution in [0.2, 0.25) is 5.02 Å². The van der Waals surface area contributed by atoms with Crippen LogP contribution in [-0.4, -0.2) is 6.72 Å². The predicted octanol–water partition coefficient (Wildman–Crippen LogP) is 3.42. The summed E-state index contributed by atoms with van der Waals surface area (Å²) in [4.78, 5) is 3.77. The van der Waals surface area contributed by atoms with E-state index in [1.807, 2.05) is 6.92 Å². The van der Waals surface area contributed by atoms with Crippen molar-refractivity contribution in [1.29, 1.82) is 0 Å². The van der Waals surface area contributed by atoms with E-state index in [0.717, 1.165) is 5.57 Å². The Bertz CT molecular complexity index is 452. The molecule has 0 atom stereocenters. The molecule has 84 valence electrons. The molecule has 4 heteroatoms. The van der Waals surface area contributed by atoms with E-state index in [0.29, 0.717) is 22.3 Å². The second-order valence-electron chi connectivity index (χ2n) is 3.14. The first-order chi connectivity index (χ1) is 7.58. The van der Waals surface area contributed by atoms with E-state index in [1.54, 1.807) is 24.3 Å². The molecular weight excluding hydrogens is 224 g/mol. The van der Waals surface area contributed by atoms with Crippen LogP contribution < -0.4 is 10.5 Å². The minimum absolute atomic E-state index is 0.399. The quantitative estimate of drug-likeness (QED) is 0.377. The number of ether oxygens (including phenoxy) is 1. The van der Waals surface area contributed by atoms with E-state index in [4.69, 9.17) is 22.1 Å². The summed E-state index contributed by atoms with van der Waals surface area (Å²) >= 11 is 5.87. The lowest BCUT2D eigenvalue weighted by Crippen LogP contribution is -1.96. The fourth-order valence-corrected chi connectivity index (χ4v) is 1.18. The van der Waals surface area contributed by atoms with Crippen LogP contribution in [0.1, 0.15) is 6.92 Å². The molecule has 1 aromatic carbocycles. The molecule has 0 saturated heterocycles. The zero-order valence-corrected chi connectivity index (χ0v) is 9.79. The number of hydrogen-bond acceptors (Lipinski definition) is 3. The molecule has 1 aromatic rings. The predicted molar refractivity (Wildman–Crippen MR) is 68.9 cm³/mol. The van der Waals surface area contributed by atoms with Gasteiger partial charge in [0.2, 0.25) is 5.88 Å². The lowest BCUT2D eigenvalue weighted by molar-refractivity contribution is 0.417. The molecule has 0 aliphatic heterocycles. The fourth-order valence-electron chi connectivity index (χ4n) is 1.01. The van der Waals surface area contributed by atoms with Crippen molar-refractivity contribution < 1.29 is 4.74 Å². The second-order valence-corrected chi connectivity index (χ2v) is 3.54. The highest BCUT2D eigenvalue weighted by atomic mass is 35.5. The van der Waals surface area contributed by atoms with Gasteiger partial charge in [0.15, 0.2) is 0 Å². The third-order valence-electron chi connectivity index (χ3n) is 1.97. The monoisotopic (exact) mass is 236 g/mol. The summed E-state index contributed by atoms with van der Waals surface area (Å²) in [5, 5.41) is 0.442. The van der Waals surface area contributed by atoms with Crippen LogP contribution in [-0.2, 0) is 0 Å². The average Bonchev–Trinajstić information content (AvgIpc) is 2.29. The lowest BCUT2D eigenvalue weighted by Gasteiger charge is -2.08. The summed E-state index contributed by atoms with van der Waals surface area (Å²) in [5.41, 5.74) is 6.89. The molecule has 0 saturated carbocycles. The Kier molecular flexibility index (Phi) is 4.14. The number of nitrogens with zero attached hydrogens (tertiary/aromatic N) is 1. The maximum absolute atomic E-state index is 5.87. The highest BCUT2D eigenvalue weighted by Crippen LogP contribution is 2.26. The minimum Gasteiger partial charge on any atom is -0.439 e. The molecule has 0 bridgehead atoms. The first kappa shape index (κ1) is 12.3. The van der Waals surface area contributed by atoms with Gasteiger partial charge in [-0.1, -0.05) is 24.3 Å². The summed E-state index contributed by atoms with van der Waals surface area (Å²) in [7, 11) is 0. The highest BCUT2D eigenvalue weighted by Gasteiger charge is 2.03. The van der Waals surface area contributed by atoms with Gasteiger partial charge in [-0.3, -0.25) is 0 Å². The molecule has 0 heterocycles. The first-order valence-corrected chi connectivity index (χ1v) is 4.99. The van der Waals surface area contributed by atoms with Crippen molar-refractivity contribution in [2.75, 3.05) is 5.73 Å². The van der Waals surface area contributed by atoms with E-state index >= 15 is 0 Å². The van der Waals surface area contributed by atoms with Gasteiger partial charge < -0.3 is 10.5 Å². The van der Waals surface area contributed by atoms with Gasteiger partial charge in [0.1, 0.15) is 5.75 Å². The number of rotatable bonds is 4. The highest BCUT2D eigenvalue weighted by molar-refractivity contribution is 6.33. The maximum Gasteiger partial charge on any atom is 0.221 e. The lowest BCUT2D eigenvalue weighted by atomic mass is 10.3. The van der Waals surface area contributed by atoms with Crippen molar-refractivity contribution in [1.82, 2.24) is 0 Å². The van der Waals surface area contributed by atoms with E-state index in [-0.39, 0.29) is 0 Å². The van der Waals surface area contributed by atoms with Crippen molar-refractivity contribution in [3.05, 3.63) is 47.3 Å². The van der Waals surface area contributed by atoms with Gasteiger partial charge in [-0.25, -0.2) is 4.99 Å². The van der Waals surface area contributed by atoms with Crippen LogP contribution in [0.4, 0.5) is 5.69 Å². The number of nitrogen functional groups attached to an aromatic ring is 1. The van der Waals surface area contributed by atoms with Gasteiger partial charge in [-0.15, -0.1) is 0 Å². The zero-order chi connectivity index (χ0) is 12.1. The van der Waals surface area contributed by atoms with Gasteiger partial charge in [0, 0.05) is 11.6 Å². The summed E-state index contributed by atoms with van der Waals surface area (Å²) in [6.45, 7) is 8.89. The van der Waals surface area contributed by atoms with Gasteiger partial charge in [0.25, 0.3) is 0 Å². The molecule has 0 unspecified atom stereocenters. The average molecular weight is 237 g/mol. The Balaban J connectivity index is 3.00. The van der Waals surface area contributed by atoms with Gasteiger partial charge in [-0.2, -0.15) is 0 Å². The minimum atomic E-state index is 0.399. The number of hydrogen-bond donors (Lipinski definition) is 1. The summed E-state index contributed by atoms with van der Waals surface area (Å²) < 4.78 is 5.49. The van der Waals surface area contributed by atoms with Crippen molar-refractivity contribution >= 4 is 24.0 Å². The SMILES string of the molecule is C=C/C(C)=C(\N=C)Oc1ccc(N)c(Cl)c1. The molecule has 2 N–H and O–H groups in total. The van der Waals surface area contributed by atoms with Crippen molar-refractivity contribution in [2.45, 2.75) is 6.92 Å². The molecule has 0 aliphatic rings. The molecule has 3 nitrogen and oxygen atoms in total. The smallest absolute Gasteiger partial charge is 0.221 e. The first-order valence-electron chi connectivity index (χ1n) is 4.61. The Morgan fingerprint density at radius 3 is 2.75 bits per heavy atom. The van der Waals surface area contributed by atoms with E-state index in [1.165, 1.54) is 0 Å². The second kappa shape index (κ2) is 5.37. The van der Waals surface area contributed by atoms with Gasteiger partial charge in [-0.05, 0) is 25.8 Å². The number of benzene rings is 1. The molecule has 0 aliphatic carbocycles. The molecule has 16 heavy (non-hydrogen) atoms. The third-order valence-corrected chi connectivity index (χ3v) is 2.30. The normalized spacial score (nSPS) is 11.6. The molecule has 0 amide bonds. The fraction of sp³-hybridized carbons (Fsp3) is 0.0833. The Morgan fingerprint density at radius 2 is 2.25 bits per heavy atom. The topological polar surface area (TPSA) is 47.6 Å². The number of nitrogens with two attached hydrogens (primary N) is 1. The summed E-state index contributed by atoms with van der Waals surface area (Å²) in [6.07, 6.45) is 1.64. The van der Waals surface area contributed by atoms with Gasteiger partial charge in [0.05, 0.1) is 10.7 Å². The maximum atomic E-state index is 5.87. The molecular formula is C12H13ClN2O. The van der Waals surface area contributed by atoms with Crippen LogP contribution in [0.25, 0.3) is 0 Å². The largest absolute Gasteiger partial charge is 0.439 e. The van der Waals surface area contributed by atoms with Crippen LogP contribution in [0.5, 0.6) is 5.75 Å². The van der Waals surface area contributed by atoms with Crippen LogP contribution in [0.3, 0.4) is 0 Å². The Morgan fingerprint density at radius 1 is 1.56 bits per heavy atom. The molecule has 1 rings (SSSR count). The Labute approximate surface area is 99.9 Å². The molecule has 0 aromatic heterocycles. The van der Waals surface area contributed by atoms with Crippen molar-refractivity contribution in [3.8, 4) is 5.75 Å². The molecule has 0 spiro atoms. The summed E-state index contributed by atoms with van der Waals surface area (Å²) in [6, 6.07) is 5.00. The third kappa shape index (κ3) is 2.87. The number of allylic oxidation sites excluding steroid dienone is 2. The van der Waals surface area contributed by atoms with Crippen LogP contribution in [0, 0.1) is 0 Å². The molecule has 0 radical (unpaired) electrons. The standard InChI is InChI=1S/C12H13ClN2O/c1-4-8(2)12(15-3)16-9-5-6-11(14)10(13)7-9/h4-7H,1,3,14H2,2H3/b12-8+. The van der Waals surface area contributed by atoms with Crippen LogP contribution >= 0.6 is 11.6 Å². The zero-order valence-electron chi connectivity index (χ0n) is 9.03. The molecule has 0 fully saturated rings. The number of aliphatic imine (C=N–C) groups is 1. The van der Waals surface area contributed by atoms with E-state index in [2.05, 4.69) is 18.3 Å². The van der Waals surface area contributed by atoms with Gasteiger partial charge >= 0.3 is 0 Å². The Hall–Kier alpha value is -1.74.